The number of likely N-dealkylation sites (tertiary alicyclic amines) is 1. The first-order valence-corrected chi connectivity index (χ1v) is 9.14. The molecule has 2 N–H and O–H groups in total. The van der Waals surface area contributed by atoms with Crippen molar-refractivity contribution < 1.29 is 27.5 Å². The second-order valence-corrected chi connectivity index (χ2v) is 7.03. The Kier molecular flexibility index (Phi) is 5.06. The molecule has 0 aromatic heterocycles. The Hall–Kier alpha value is -3.56. The molecule has 0 saturated carbocycles. The molecule has 2 aromatic rings. The molecular formula is C20H17F3N4O3. The summed E-state index contributed by atoms with van der Waals surface area (Å²) in [5.74, 6) is -2.91. The van der Waals surface area contributed by atoms with Gasteiger partial charge in [0.1, 0.15) is 29.3 Å². The first kappa shape index (κ1) is 19.7. The Bertz CT molecular complexity index is 1020. The monoisotopic (exact) mass is 418 g/mol. The largest absolute Gasteiger partial charge is 0.487 e. The standard InChI is InChI=1S/C20H17F3N4O3/c21-12-5-11(6-13(22)7-12)18-3-4-25-27(18)20(29)26-9-15(10-26)30-14-1-2-16(19(24)28)17(23)8-14/h1-2,4-8,15,18H,3,9-10H2,(H2,24,28). The Balaban J connectivity index is 1.37. The van der Waals surface area contributed by atoms with E-state index in [1.807, 2.05) is 0 Å². The number of halogens is 3. The average Bonchev–Trinajstić information content (AvgIpc) is 3.12. The van der Waals surface area contributed by atoms with E-state index in [0.717, 1.165) is 12.1 Å². The van der Waals surface area contributed by atoms with Crippen LogP contribution in [0.15, 0.2) is 41.5 Å². The number of hydrogen-bond acceptors (Lipinski definition) is 4. The summed E-state index contributed by atoms with van der Waals surface area (Å²) in [6, 6.07) is 5.81. The number of primary amides is 1. The van der Waals surface area contributed by atoms with Gasteiger partial charge < -0.3 is 15.4 Å². The number of rotatable bonds is 4. The van der Waals surface area contributed by atoms with Crippen LogP contribution in [-0.4, -0.2) is 47.3 Å². The summed E-state index contributed by atoms with van der Waals surface area (Å²) < 4.78 is 46.5. The molecule has 7 nitrogen and oxygen atoms in total. The zero-order valence-corrected chi connectivity index (χ0v) is 15.6. The normalized spacial score (nSPS) is 18.4. The topological polar surface area (TPSA) is 88.2 Å². The van der Waals surface area contributed by atoms with Crippen LogP contribution in [0.1, 0.15) is 28.4 Å². The highest BCUT2D eigenvalue weighted by Gasteiger charge is 2.39. The van der Waals surface area contributed by atoms with Crippen LogP contribution in [0.3, 0.4) is 0 Å². The van der Waals surface area contributed by atoms with Gasteiger partial charge in [-0.25, -0.2) is 23.0 Å². The van der Waals surface area contributed by atoms with Gasteiger partial charge in [-0.15, -0.1) is 0 Å². The van der Waals surface area contributed by atoms with E-state index in [1.165, 1.54) is 40.4 Å². The van der Waals surface area contributed by atoms with Crippen LogP contribution in [0.4, 0.5) is 18.0 Å². The van der Waals surface area contributed by atoms with Crippen molar-refractivity contribution in [3.05, 3.63) is 65.0 Å². The molecular weight excluding hydrogens is 401 g/mol. The van der Waals surface area contributed by atoms with Crippen molar-refractivity contribution in [3.63, 3.8) is 0 Å². The van der Waals surface area contributed by atoms with Gasteiger partial charge in [-0.3, -0.25) is 4.79 Å². The average molecular weight is 418 g/mol. The summed E-state index contributed by atoms with van der Waals surface area (Å²) in [4.78, 5) is 25.3. The highest BCUT2D eigenvalue weighted by molar-refractivity contribution is 5.93. The van der Waals surface area contributed by atoms with Gasteiger partial charge in [0.05, 0.1) is 24.7 Å². The number of carbonyl (C=O) groups excluding carboxylic acids is 2. The van der Waals surface area contributed by atoms with Gasteiger partial charge in [0.25, 0.3) is 5.91 Å². The Morgan fingerprint density at radius 3 is 2.40 bits per heavy atom. The number of ether oxygens (including phenoxy) is 1. The van der Waals surface area contributed by atoms with Gasteiger partial charge >= 0.3 is 6.03 Å². The van der Waals surface area contributed by atoms with Crippen LogP contribution < -0.4 is 10.5 Å². The minimum Gasteiger partial charge on any atom is -0.487 e. The second kappa shape index (κ2) is 7.69. The fourth-order valence-electron chi connectivity index (χ4n) is 3.42. The van der Waals surface area contributed by atoms with Crippen molar-refractivity contribution in [2.75, 3.05) is 13.1 Å². The molecule has 3 amide bonds. The second-order valence-electron chi connectivity index (χ2n) is 7.03. The lowest BCUT2D eigenvalue weighted by Crippen LogP contribution is -2.58. The van der Waals surface area contributed by atoms with Crippen LogP contribution in [-0.2, 0) is 0 Å². The van der Waals surface area contributed by atoms with Gasteiger partial charge in [0.2, 0.25) is 0 Å². The van der Waals surface area contributed by atoms with Gasteiger partial charge in [-0.2, -0.15) is 5.10 Å². The quantitative estimate of drug-likeness (QED) is 0.828. The lowest BCUT2D eigenvalue weighted by atomic mass is 10.0. The fourth-order valence-corrected chi connectivity index (χ4v) is 3.42. The Labute approximate surface area is 169 Å². The van der Waals surface area contributed by atoms with Crippen molar-refractivity contribution in [2.24, 2.45) is 10.8 Å². The van der Waals surface area contributed by atoms with E-state index in [4.69, 9.17) is 10.5 Å². The van der Waals surface area contributed by atoms with Crippen molar-refractivity contribution in [1.82, 2.24) is 9.91 Å². The van der Waals surface area contributed by atoms with E-state index in [1.54, 1.807) is 0 Å². The molecule has 156 valence electrons. The molecule has 2 aliphatic heterocycles. The predicted octanol–water partition coefficient (Wildman–Crippen LogP) is 2.82. The van der Waals surface area contributed by atoms with E-state index in [2.05, 4.69) is 5.10 Å². The summed E-state index contributed by atoms with van der Waals surface area (Å²) >= 11 is 0. The smallest absolute Gasteiger partial charge is 0.341 e. The first-order valence-electron chi connectivity index (χ1n) is 9.14. The van der Waals surface area contributed by atoms with Gasteiger partial charge in [-0.05, 0) is 29.8 Å². The Morgan fingerprint density at radius 2 is 1.77 bits per heavy atom. The van der Waals surface area contributed by atoms with Gasteiger partial charge in [0, 0.05) is 24.8 Å². The molecule has 1 unspecified atom stereocenters. The molecule has 0 aliphatic carbocycles. The maximum absolute atomic E-state index is 13.8. The minimum atomic E-state index is -0.877. The first-order chi connectivity index (χ1) is 14.3. The van der Waals surface area contributed by atoms with Crippen LogP contribution in [0.25, 0.3) is 0 Å². The molecule has 2 aliphatic rings. The predicted molar refractivity (Wildman–Crippen MR) is 100 cm³/mol. The molecule has 1 atom stereocenters. The highest BCUT2D eigenvalue weighted by Crippen LogP contribution is 2.31. The van der Waals surface area contributed by atoms with Crippen LogP contribution in [0.2, 0.25) is 0 Å². The van der Waals surface area contributed by atoms with Crippen LogP contribution in [0, 0.1) is 17.5 Å². The molecule has 0 spiro atoms. The number of nitrogens with two attached hydrogens (primary N) is 1. The summed E-state index contributed by atoms with van der Waals surface area (Å²) in [6.45, 7) is 0.461. The number of carbonyl (C=O) groups is 2. The van der Waals surface area contributed by atoms with Crippen LogP contribution in [0.5, 0.6) is 5.75 Å². The SMILES string of the molecule is NC(=O)c1ccc(OC2CN(C(=O)N3N=CCC3c3cc(F)cc(F)c3)C2)cc1F. The van der Waals surface area contributed by atoms with Crippen molar-refractivity contribution >= 4 is 18.2 Å². The van der Waals surface area contributed by atoms with E-state index in [-0.39, 0.29) is 30.5 Å². The maximum Gasteiger partial charge on any atom is 0.341 e. The third-order valence-corrected chi connectivity index (χ3v) is 4.92. The maximum atomic E-state index is 13.8. The van der Waals surface area contributed by atoms with Crippen molar-refractivity contribution in [3.8, 4) is 5.75 Å². The molecule has 10 heteroatoms. The molecule has 2 heterocycles. The lowest BCUT2D eigenvalue weighted by Gasteiger charge is -2.41. The van der Waals surface area contributed by atoms with Gasteiger partial charge in [-0.1, -0.05) is 0 Å². The number of hydrogen-bond donors (Lipinski definition) is 1. The number of nitrogens with zero attached hydrogens (tertiary/aromatic N) is 3. The van der Waals surface area contributed by atoms with Gasteiger partial charge in [0.15, 0.2) is 0 Å². The molecule has 1 fully saturated rings. The van der Waals surface area contributed by atoms with E-state index in [0.29, 0.717) is 12.0 Å². The van der Waals surface area contributed by atoms with E-state index >= 15 is 0 Å². The zero-order chi connectivity index (χ0) is 21.4. The summed E-state index contributed by atoms with van der Waals surface area (Å²) in [5.41, 5.74) is 5.14. The number of urea groups is 1. The third-order valence-electron chi connectivity index (χ3n) is 4.92. The van der Waals surface area contributed by atoms with Crippen molar-refractivity contribution in [2.45, 2.75) is 18.6 Å². The van der Waals surface area contributed by atoms with Crippen LogP contribution >= 0.6 is 0 Å². The molecule has 30 heavy (non-hydrogen) atoms. The third kappa shape index (κ3) is 3.80. The number of amides is 3. The van der Waals surface area contributed by atoms with E-state index < -0.39 is 35.4 Å². The highest BCUT2D eigenvalue weighted by atomic mass is 19.1. The number of benzene rings is 2. The molecule has 2 aromatic carbocycles. The number of hydrazone groups is 1. The fraction of sp³-hybridized carbons (Fsp3) is 0.250. The van der Waals surface area contributed by atoms with E-state index in [9.17, 15) is 22.8 Å². The Morgan fingerprint density at radius 1 is 1.07 bits per heavy atom. The molecule has 0 bridgehead atoms. The lowest BCUT2D eigenvalue weighted by molar-refractivity contribution is 0.0275. The van der Waals surface area contributed by atoms with Crippen molar-refractivity contribution in [1.29, 1.82) is 0 Å². The summed E-state index contributed by atoms with van der Waals surface area (Å²) in [5, 5.41) is 5.23. The molecule has 1 saturated heterocycles. The minimum absolute atomic E-state index is 0.210. The summed E-state index contributed by atoms with van der Waals surface area (Å²) in [7, 11) is 0. The zero-order valence-electron chi connectivity index (χ0n) is 15.6. The molecule has 4 rings (SSSR count). The molecule has 0 radical (unpaired) electrons. The summed E-state index contributed by atoms with van der Waals surface area (Å²) in [6.07, 6.45) is 1.49.